The lowest BCUT2D eigenvalue weighted by molar-refractivity contribution is -0.137. The summed E-state index contributed by atoms with van der Waals surface area (Å²) < 4.78 is 41.2. The number of rotatable bonds is 9. The van der Waals surface area contributed by atoms with E-state index in [0.29, 0.717) is 19.6 Å². The van der Waals surface area contributed by atoms with Crippen molar-refractivity contribution in [1.29, 1.82) is 0 Å². The van der Waals surface area contributed by atoms with Gasteiger partial charge in [-0.25, -0.2) is 4.79 Å². The summed E-state index contributed by atoms with van der Waals surface area (Å²) in [5.41, 5.74) is 2.70. The number of amides is 2. The molecule has 33 heavy (non-hydrogen) atoms. The van der Waals surface area contributed by atoms with Crippen LogP contribution in [0.15, 0.2) is 66.9 Å². The molecule has 1 aromatic heterocycles. The van der Waals surface area contributed by atoms with Crippen molar-refractivity contribution in [1.82, 2.24) is 9.47 Å². The molecular formula is C26H30F3N3O. The number of carbonyl (C=O) groups is 1. The van der Waals surface area contributed by atoms with E-state index < -0.39 is 17.8 Å². The van der Waals surface area contributed by atoms with Gasteiger partial charge in [-0.2, -0.15) is 13.2 Å². The number of anilines is 1. The number of benzene rings is 2. The third kappa shape index (κ3) is 6.88. The monoisotopic (exact) mass is 457 g/mol. The fraction of sp³-hybridized carbons (Fsp3) is 0.346. The summed E-state index contributed by atoms with van der Waals surface area (Å²) in [6.45, 7) is 5.73. The van der Waals surface area contributed by atoms with Gasteiger partial charge in [0, 0.05) is 30.7 Å². The number of halogens is 3. The first-order valence-corrected chi connectivity index (χ1v) is 11.2. The predicted octanol–water partition coefficient (Wildman–Crippen LogP) is 7.09. The summed E-state index contributed by atoms with van der Waals surface area (Å²) in [5.74, 6) is 0. The van der Waals surface area contributed by atoms with Gasteiger partial charge in [-0.05, 0) is 54.8 Å². The van der Waals surface area contributed by atoms with Gasteiger partial charge in [0.1, 0.15) is 0 Å². The number of hydrogen-bond donors (Lipinski definition) is 1. The van der Waals surface area contributed by atoms with Crippen LogP contribution in [0.25, 0.3) is 0 Å². The summed E-state index contributed by atoms with van der Waals surface area (Å²) in [6, 6.07) is 16.4. The standard InChI is InChI=1S/C26H30F3N3O/c1-3-4-7-15-32(25(33)30-23-13-8-12-22(17-23)26(27,28)29)19-24-14-9-16-31(24)18-21-11-6-5-10-20(21)2/h5-6,8-14,16-17H,3-4,7,15,18-19H2,1-2H3,(H,30,33). The minimum atomic E-state index is -4.46. The second kappa shape index (κ2) is 11.1. The topological polar surface area (TPSA) is 37.3 Å². The number of alkyl halides is 3. The molecule has 1 N–H and O–H groups in total. The number of aromatic nitrogens is 1. The number of nitrogens with zero attached hydrogens (tertiary/aromatic N) is 2. The van der Waals surface area contributed by atoms with Crippen LogP contribution in [0.5, 0.6) is 0 Å². The first kappa shape index (κ1) is 24.4. The van der Waals surface area contributed by atoms with Crippen LogP contribution in [0.2, 0.25) is 0 Å². The Morgan fingerprint density at radius 1 is 1.03 bits per heavy atom. The average Bonchev–Trinajstić information content (AvgIpc) is 3.21. The zero-order chi connectivity index (χ0) is 23.8. The lowest BCUT2D eigenvalue weighted by Gasteiger charge is -2.24. The van der Waals surface area contributed by atoms with Crippen molar-refractivity contribution in [3.8, 4) is 0 Å². The van der Waals surface area contributed by atoms with Gasteiger partial charge in [0.05, 0.1) is 12.1 Å². The van der Waals surface area contributed by atoms with E-state index in [1.807, 2.05) is 30.5 Å². The van der Waals surface area contributed by atoms with Gasteiger partial charge in [-0.15, -0.1) is 0 Å². The maximum Gasteiger partial charge on any atom is 0.416 e. The Bertz CT molecular complexity index is 1060. The highest BCUT2D eigenvalue weighted by atomic mass is 19.4. The lowest BCUT2D eigenvalue weighted by Crippen LogP contribution is -2.36. The second-order valence-corrected chi connectivity index (χ2v) is 8.19. The van der Waals surface area contributed by atoms with Crippen molar-refractivity contribution in [2.75, 3.05) is 11.9 Å². The Labute approximate surface area is 193 Å². The van der Waals surface area contributed by atoms with Crippen LogP contribution in [0.1, 0.15) is 48.6 Å². The van der Waals surface area contributed by atoms with E-state index in [2.05, 4.69) is 35.9 Å². The van der Waals surface area contributed by atoms with Crippen LogP contribution < -0.4 is 5.32 Å². The van der Waals surface area contributed by atoms with E-state index in [0.717, 1.165) is 37.1 Å². The maximum absolute atomic E-state index is 13.0. The second-order valence-electron chi connectivity index (χ2n) is 8.19. The minimum Gasteiger partial charge on any atom is -0.345 e. The molecule has 0 aliphatic heterocycles. The van der Waals surface area contributed by atoms with Crippen LogP contribution in [0.3, 0.4) is 0 Å². The van der Waals surface area contributed by atoms with Crippen molar-refractivity contribution >= 4 is 11.7 Å². The van der Waals surface area contributed by atoms with Crippen molar-refractivity contribution < 1.29 is 18.0 Å². The van der Waals surface area contributed by atoms with Crippen molar-refractivity contribution in [3.05, 3.63) is 89.2 Å². The molecule has 0 spiro atoms. The molecule has 0 bridgehead atoms. The SMILES string of the molecule is CCCCCN(Cc1cccn1Cc1ccccc1C)C(=O)Nc1cccc(C(F)(F)F)c1. The smallest absolute Gasteiger partial charge is 0.345 e. The quantitative estimate of drug-likeness (QED) is 0.342. The van der Waals surface area contributed by atoms with Crippen molar-refractivity contribution in [2.45, 2.75) is 52.4 Å². The molecule has 0 saturated heterocycles. The third-order valence-electron chi connectivity index (χ3n) is 5.64. The van der Waals surface area contributed by atoms with Crippen molar-refractivity contribution in [3.63, 3.8) is 0 Å². The fourth-order valence-corrected chi connectivity index (χ4v) is 3.69. The number of carbonyl (C=O) groups excluding carboxylic acids is 1. The zero-order valence-electron chi connectivity index (χ0n) is 19.0. The Morgan fingerprint density at radius 3 is 2.55 bits per heavy atom. The molecule has 1 heterocycles. The molecule has 2 aromatic carbocycles. The summed E-state index contributed by atoms with van der Waals surface area (Å²) in [5, 5.41) is 2.65. The largest absolute Gasteiger partial charge is 0.416 e. The Kier molecular flexibility index (Phi) is 8.20. The Balaban J connectivity index is 1.76. The number of unbranched alkanes of at least 4 members (excludes halogenated alkanes) is 2. The lowest BCUT2D eigenvalue weighted by atomic mass is 10.1. The van der Waals surface area contributed by atoms with Crippen LogP contribution in [-0.2, 0) is 19.3 Å². The molecule has 2 amide bonds. The predicted molar refractivity (Wildman–Crippen MR) is 125 cm³/mol. The normalized spacial score (nSPS) is 11.4. The maximum atomic E-state index is 13.0. The highest BCUT2D eigenvalue weighted by Crippen LogP contribution is 2.30. The van der Waals surface area contributed by atoms with Crippen molar-refractivity contribution in [2.24, 2.45) is 0 Å². The van der Waals surface area contributed by atoms with E-state index in [4.69, 9.17) is 0 Å². The Morgan fingerprint density at radius 2 is 1.82 bits per heavy atom. The molecule has 4 nitrogen and oxygen atoms in total. The van der Waals surface area contributed by atoms with Gasteiger partial charge in [0.25, 0.3) is 0 Å². The van der Waals surface area contributed by atoms with Gasteiger partial charge in [0.2, 0.25) is 0 Å². The summed E-state index contributed by atoms with van der Waals surface area (Å²) >= 11 is 0. The zero-order valence-corrected chi connectivity index (χ0v) is 19.0. The van der Waals surface area contributed by atoms with E-state index in [1.54, 1.807) is 4.90 Å². The fourth-order valence-electron chi connectivity index (χ4n) is 3.69. The molecule has 0 atom stereocenters. The van der Waals surface area contributed by atoms with E-state index in [1.165, 1.54) is 23.3 Å². The summed E-state index contributed by atoms with van der Waals surface area (Å²) in [7, 11) is 0. The van der Waals surface area contributed by atoms with Crippen LogP contribution in [-0.4, -0.2) is 22.0 Å². The minimum absolute atomic E-state index is 0.130. The third-order valence-corrected chi connectivity index (χ3v) is 5.64. The number of urea groups is 1. The molecular weight excluding hydrogens is 427 g/mol. The summed E-state index contributed by atoms with van der Waals surface area (Å²) in [4.78, 5) is 14.7. The Hall–Kier alpha value is -3.22. The molecule has 0 aliphatic carbocycles. The highest BCUT2D eigenvalue weighted by molar-refractivity contribution is 5.89. The number of nitrogens with one attached hydrogen (secondary N) is 1. The first-order chi connectivity index (χ1) is 15.8. The first-order valence-electron chi connectivity index (χ1n) is 11.2. The molecule has 7 heteroatoms. The van der Waals surface area contributed by atoms with Crippen LogP contribution in [0.4, 0.5) is 23.7 Å². The van der Waals surface area contributed by atoms with E-state index >= 15 is 0 Å². The van der Waals surface area contributed by atoms with Gasteiger partial charge < -0.3 is 14.8 Å². The number of aryl methyl sites for hydroxylation is 1. The number of hydrogen-bond acceptors (Lipinski definition) is 1. The molecule has 0 saturated carbocycles. The van der Waals surface area contributed by atoms with E-state index in [-0.39, 0.29) is 5.69 Å². The molecule has 0 radical (unpaired) electrons. The van der Waals surface area contributed by atoms with Gasteiger partial charge in [-0.1, -0.05) is 50.1 Å². The van der Waals surface area contributed by atoms with E-state index in [9.17, 15) is 18.0 Å². The van der Waals surface area contributed by atoms with Gasteiger partial charge >= 0.3 is 12.2 Å². The highest BCUT2D eigenvalue weighted by Gasteiger charge is 2.30. The molecule has 0 fully saturated rings. The van der Waals surface area contributed by atoms with Gasteiger partial charge in [0.15, 0.2) is 0 Å². The van der Waals surface area contributed by atoms with Gasteiger partial charge in [-0.3, -0.25) is 0 Å². The molecule has 0 aliphatic rings. The molecule has 0 unspecified atom stereocenters. The summed E-state index contributed by atoms with van der Waals surface area (Å²) in [6.07, 6.45) is 0.323. The molecule has 176 valence electrons. The van der Waals surface area contributed by atoms with Crippen LogP contribution in [0, 0.1) is 6.92 Å². The van der Waals surface area contributed by atoms with Crippen LogP contribution >= 0.6 is 0 Å². The average molecular weight is 458 g/mol. The molecule has 3 rings (SSSR count). The molecule has 3 aromatic rings.